The van der Waals surface area contributed by atoms with Crippen LogP contribution in [0.3, 0.4) is 0 Å². The van der Waals surface area contributed by atoms with Gasteiger partial charge < -0.3 is 46.5 Å². The fraction of sp³-hybridized carbons (Fsp3) is 0.625. The minimum atomic E-state index is -1.57. The molecule has 0 bridgehead atoms. The van der Waals surface area contributed by atoms with Crippen molar-refractivity contribution in [3.8, 4) is 0 Å². The molecule has 0 aliphatic carbocycles. The van der Waals surface area contributed by atoms with Crippen LogP contribution in [0.4, 0.5) is 0 Å². The van der Waals surface area contributed by atoms with E-state index in [0.29, 0.717) is 0 Å². The van der Waals surface area contributed by atoms with E-state index in [2.05, 4.69) is 21.3 Å². The number of ketones is 1. The number of carbonyl (C=O) groups excluding carboxylic acids is 5. The van der Waals surface area contributed by atoms with Crippen molar-refractivity contribution in [2.75, 3.05) is 0 Å². The predicted octanol–water partition coefficient (Wildman–Crippen LogP) is -1.62. The Bertz CT molecular complexity index is 1010. The standard InChI is InChI=1S/C24H36N4O13/c1-3-17(30)25-14(22(36)37)6-9-19(32)27-16(24(40)41)8-11-20(33)28-15(23(38)39)7-10-18(31)26-13(21(34)35)5-4-12(2)29/h13-16H,3-11H2,1-2H3,(H,25,30)(H,26,31)(H,27,32)(H,28,33)(H,34,35)(H,36,37)(H,38,39)(H,40,41)/t13-,14-,15-,16-/m0/s1. The van der Waals surface area contributed by atoms with Crippen LogP contribution >= 0.6 is 0 Å². The van der Waals surface area contributed by atoms with Gasteiger partial charge in [-0.05, 0) is 32.6 Å². The maximum Gasteiger partial charge on any atom is 0.326 e. The Labute approximate surface area is 234 Å². The van der Waals surface area contributed by atoms with Gasteiger partial charge in [-0.25, -0.2) is 19.2 Å². The van der Waals surface area contributed by atoms with Gasteiger partial charge in [-0.3, -0.25) is 19.2 Å². The summed E-state index contributed by atoms with van der Waals surface area (Å²) in [7, 11) is 0. The molecule has 4 amide bonds. The third-order valence-corrected chi connectivity index (χ3v) is 5.62. The Morgan fingerprint density at radius 3 is 0.927 bits per heavy atom. The quantitative estimate of drug-likeness (QED) is 0.0749. The van der Waals surface area contributed by atoms with E-state index in [4.69, 9.17) is 10.2 Å². The average molecular weight is 589 g/mol. The number of amides is 4. The summed E-state index contributed by atoms with van der Waals surface area (Å²) in [6.45, 7) is 2.75. The lowest BCUT2D eigenvalue weighted by atomic mass is 10.1. The molecule has 17 heteroatoms. The molecule has 0 aromatic rings. The van der Waals surface area contributed by atoms with Crippen molar-refractivity contribution in [1.29, 1.82) is 0 Å². The van der Waals surface area contributed by atoms with Gasteiger partial charge in [0.15, 0.2) is 0 Å². The van der Waals surface area contributed by atoms with Gasteiger partial charge in [0, 0.05) is 32.1 Å². The summed E-state index contributed by atoms with van der Waals surface area (Å²) >= 11 is 0. The van der Waals surface area contributed by atoms with E-state index >= 15 is 0 Å². The highest BCUT2D eigenvalue weighted by Crippen LogP contribution is 2.06. The molecular weight excluding hydrogens is 552 g/mol. The van der Waals surface area contributed by atoms with Gasteiger partial charge in [-0.2, -0.15) is 0 Å². The van der Waals surface area contributed by atoms with Crippen molar-refractivity contribution in [3.05, 3.63) is 0 Å². The van der Waals surface area contributed by atoms with Crippen LogP contribution in [0.15, 0.2) is 0 Å². The highest BCUT2D eigenvalue weighted by molar-refractivity contribution is 5.88. The summed E-state index contributed by atoms with van der Waals surface area (Å²) in [5.74, 6) is -9.21. The lowest BCUT2D eigenvalue weighted by Gasteiger charge is -2.18. The van der Waals surface area contributed by atoms with E-state index in [-0.39, 0.29) is 31.5 Å². The number of hydrogen-bond donors (Lipinski definition) is 8. The number of hydrogen-bond acceptors (Lipinski definition) is 9. The number of Topliss-reactive ketones (excluding diaryl/α,β-unsaturated/α-hetero) is 1. The van der Waals surface area contributed by atoms with Crippen LogP contribution in [0.2, 0.25) is 0 Å². The van der Waals surface area contributed by atoms with E-state index in [1.165, 1.54) is 13.8 Å². The minimum absolute atomic E-state index is 0.0163. The van der Waals surface area contributed by atoms with Crippen LogP contribution in [0.5, 0.6) is 0 Å². The summed E-state index contributed by atoms with van der Waals surface area (Å²) in [5, 5.41) is 45.6. The molecule has 0 radical (unpaired) electrons. The molecule has 0 aromatic heterocycles. The van der Waals surface area contributed by atoms with Crippen LogP contribution < -0.4 is 21.3 Å². The second kappa shape index (κ2) is 18.7. The summed E-state index contributed by atoms with van der Waals surface area (Å²) in [6, 6.07) is -5.87. The third-order valence-electron chi connectivity index (χ3n) is 5.62. The SMILES string of the molecule is CCC(=O)N[C@@H](CCC(=O)N[C@@H](CCC(=O)N[C@@H](CCC(=O)N[C@@H](CCC(C)=O)C(=O)O)C(=O)O)C(=O)O)C(=O)O. The Morgan fingerprint density at radius 2 is 0.707 bits per heavy atom. The molecular formula is C24H36N4O13. The molecule has 0 saturated carbocycles. The molecule has 0 aliphatic rings. The molecule has 0 aliphatic heterocycles. The summed E-state index contributed by atoms with van der Waals surface area (Å²) in [4.78, 5) is 104. The monoisotopic (exact) mass is 588 g/mol. The fourth-order valence-corrected chi connectivity index (χ4v) is 3.30. The minimum Gasteiger partial charge on any atom is -0.480 e. The van der Waals surface area contributed by atoms with Crippen LogP contribution in [-0.2, 0) is 43.2 Å². The lowest BCUT2D eigenvalue weighted by Crippen LogP contribution is -2.45. The topological polar surface area (TPSA) is 283 Å². The summed E-state index contributed by atoms with van der Waals surface area (Å²) < 4.78 is 0. The molecule has 0 rings (SSSR count). The Morgan fingerprint density at radius 1 is 0.463 bits per heavy atom. The summed E-state index contributed by atoms with van der Waals surface area (Å²) in [6.07, 6.45) is -2.91. The first-order chi connectivity index (χ1) is 19.1. The van der Waals surface area contributed by atoms with Gasteiger partial charge in [0.1, 0.15) is 30.0 Å². The van der Waals surface area contributed by atoms with Crippen molar-refractivity contribution in [2.45, 2.75) is 95.8 Å². The van der Waals surface area contributed by atoms with Crippen molar-refractivity contribution < 1.29 is 63.6 Å². The fourth-order valence-electron chi connectivity index (χ4n) is 3.30. The lowest BCUT2D eigenvalue weighted by molar-refractivity contribution is -0.144. The highest BCUT2D eigenvalue weighted by Gasteiger charge is 2.27. The van der Waals surface area contributed by atoms with Gasteiger partial charge in [-0.1, -0.05) is 6.92 Å². The first kappa shape index (κ1) is 36.4. The molecule has 0 fully saturated rings. The van der Waals surface area contributed by atoms with E-state index in [1.54, 1.807) is 0 Å². The maximum absolute atomic E-state index is 12.3. The van der Waals surface area contributed by atoms with Crippen molar-refractivity contribution in [2.24, 2.45) is 0 Å². The summed E-state index contributed by atoms with van der Waals surface area (Å²) in [5.41, 5.74) is 0. The Kier molecular flexibility index (Phi) is 16.6. The van der Waals surface area contributed by atoms with Gasteiger partial charge in [-0.15, -0.1) is 0 Å². The number of carboxylic acid groups (broad SMARTS) is 4. The van der Waals surface area contributed by atoms with Gasteiger partial charge >= 0.3 is 23.9 Å². The van der Waals surface area contributed by atoms with Gasteiger partial charge in [0.25, 0.3) is 0 Å². The number of carbonyl (C=O) groups is 9. The highest BCUT2D eigenvalue weighted by atomic mass is 16.4. The van der Waals surface area contributed by atoms with Gasteiger partial charge in [0.05, 0.1) is 0 Å². The van der Waals surface area contributed by atoms with E-state index in [9.17, 15) is 53.4 Å². The normalized spacial score (nSPS) is 13.4. The number of aliphatic carboxylic acids is 4. The van der Waals surface area contributed by atoms with Crippen LogP contribution in [0.25, 0.3) is 0 Å². The number of carboxylic acids is 4. The maximum atomic E-state index is 12.3. The number of nitrogens with one attached hydrogen (secondary N) is 4. The first-order valence-electron chi connectivity index (χ1n) is 12.6. The van der Waals surface area contributed by atoms with Gasteiger partial charge in [0.2, 0.25) is 23.6 Å². The molecule has 0 unspecified atom stereocenters. The molecule has 0 saturated heterocycles. The molecule has 41 heavy (non-hydrogen) atoms. The van der Waals surface area contributed by atoms with Crippen LogP contribution in [0.1, 0.15) is 71.6 Å². The molecule has 0 spiro atoms. The van der Waals surface area contributed by atoms with E-state index < -0.39 is 104 Å². The van der Waals surface area contributed by atoms with E-state index in [0.717, 1.165) is 0 Å². The number of rotatable bonds is 21. The molecule has 0 heterocycles. The van der Waals surface area contributed by atoms with Crippen molar-refractivity contribution in [1.82, 2.24) is 21.3 Å². The first-order valence-corrected chi connectivity index (χ1v) is 12.6. The predicted molar refractivity (Wildman–Crippen MR) is 136 cm³/mol. The zero-order valence-electron chi connectivity index (χ0n) is 22.6. The Balaban J connectivity index is 4.88. The van der Waals surface area contributed by atoms with Crippen molar-refractivity contribution in [3.63, 3.8) is 0 Å². The molecule has 8 N–H and O–H groups in total. The molecule has 17 nitrogen and oxygen atoms in total. The zero-order chi connectivity index (χ0) is 31.7. The smallest absolute Gasteiger partial charge is 0.326 e. The second-order valence-electron chi connectivity index (χ2n) is 9.04. The zero-order valence-corrected chi connectivity index (χ0v) is 22.6. The molecule has 4 atom stereocenters. The largest absolute Gasteiger partial charge is 0.480 e. The van der Waals surface area contributed by atoms with E-state index in [1.807, 2.05) is 0 Å². The van der Waals surface area contributed by atoms with Crippen LogP contribution in [0, 0.1) is 0 Å². The Hall–Kier alpha value is -4.57. The molecule has 230 valence electrons. The van der Waals surface area contributed by atoms with Crippen LogP contribution in [-0.4, -0.2) is 97.9 Å². The third kappa shape index (κ3) is 16.2. The molecule has 0 aromatic carbocycles. The van der Waals surface area contributed by atoms with Crippen molar-refractivity contribution >= 4 is 53.3 Å². The second-order valence-corrected chi connectivity index (χ2v) is 9.04. The average Bonchev–Trinajstić information content (AvgIpc) is 2.87.